The molecule has 0 saturated carbocycles. The van der Waals surface area contributed by atoms with Crippen LogP contribution in [0, 0.1) is 10.1 Å². The number of thioether (sulfide) groups is 1. The van der Waals surface area contributed by atoms with Crippen molar-refractivity contribution in [2.75, 3.05) is 11.5 Å². The zero-order chi connectivity index (χ0) is 24.9. The molecule has 1 aliphatic heterocycles. The molecular formula is C25H19ClN2O6S. The van der Waals surface area contributed by atoms with Gasteiger partial charge in [-0.2, -0.15) is 0 Å². The van der Waals surface area contributed by atoms with Crippen LogP contribution in [0.25, 0.3) is 6.08 Å². The summed E-state index contributed by atoms with van der Waals surface area (Å²) >= 11 is 6.85. The van der Waals surface area contributed by atoms with Gasteiger partial charge in [0.2, 0.25) is 0 Å². The number of nitro groups is 1. The Morgan fingerprint density at radius 1 is 1.03 bits per heavy atom. The summed E-state index contributed by atoms with van der Waals surface area (Å²) in [5, 5.41) is 11.0. The fourth-order valence-electron chi connectivity index (χ4n) is 3.38. The number of ether oxygens (including phenoxy) is 2. The van der Waals surface area contributed by atoms with E-state index in [0.717, 1.165) is 16.7 Å². The number of imide groups is 1. The van der Waals surface area contributed by atoms with Crippen LogP contribution in [-0.4, -0.2) is 22.7 Å². The maximum absolute atomic E-state index is 12.9. The first-order chi connectivity index (χ1) is 16.9. The van der Waals surface area contributed by atoms with E-state index in [9.17, 15) is 19.7 Å². The first kappa shape index (κ1) is 24.3. The Morgan fingerprint density at radius 2 is 1.83 bits per heavy atom. The molecule has 0 aromatic heterocycles. The van der Waals surface area contributed by atoms with Crippen molar-refractivity contribution in [3.8, 4) is 11.5 Å². The number of anilines is 1. The normalized spacial score (nSPS) is 14.5. The summed E-state index contributed by atoms with van der Waals surface area (Å²) in [7, 11) is 0. The summed E-state index contributed by atoms with van der Waals surface area (Å²) in [5.74, 6) is 0.453. The number of carbonyl (C=O) groups excluding carboxylic acids is 2. The second kappa shape index (κ2) is 10.6. The number of nitrogens with zero attached hydrogens (tertiary/aromatic N) is 2. The Hall–Kier alpha value is -3.82. The van der Waals surface area contributed by atoms with Gasteiger partial charge in [-0.25, -0.2) is 4.90 Å². The Labute approximate surface area is 210 Å². The van der Waals surface area contributed by atoms with Gasteiger partial charge in [0.15, 0.2) is 11.5 Å². The lowest BCUT2D eigenvalue weighted by molar-refractivity contribution is -0.384. The first-order valence-electron chi connectivity index (χ1n) is 10.5. The zero-order valence-corrected chi connectivity index (χ0v) is 20.0. The van der Waals surface area contributed by atoms with Crippen molar-refractivity contribution in [2.45, 2.75) is 13.5 Å². The molecular weight excluding hydrogens is 492 g/mol. The lowest BCUT2D eigenvalue weighted by atomic mass is 10.1. The Kier molecular flexibility index (Phi) is 7.38. The summed E-state index contributed by atoms with van der Waals surface area (Å²) in [6, 6.07) is 17.9. The molecule has 8 nitrogen and oxygen atoms in total. The molecule has 0 unspecified atom stereocenters. The second-order valence-electron chi connectivity index (χ2n) is 7.35. The number of carbonyl (C=O) groups is 2. The molecule has 1 heterocycles. The molecule has 0 N–H and O–H groups in total. The van der Waals surface area contributed by atoms with Gasteiger partial charge in [-0.15, -0.1) is 0 Å². The third-order valence-corrected chi connectivity index (χ3v) is 6.05. The van der Waals surface area contributed by atoms with Gasteiger partial charge in [0.1, 0.15) is 6.61 Å². The number of benzene rings is 3. The van der Waals surface area contributed by atoms with E-state index in [2.05, 4.69) is 0 Å². The van der Waals surface area contributed by atoms with E-state index >= 15 is 0 Å². The molecule has 0 atom stereocenters. The highest BCUT2D eigenvalue weighted by molar-refractivity contribution is 8.19. The van der Waals surface area contributed by atoms with Gasteiger partial charge in [0, 0.05) is 17.2 Å². The van der Waals surface area contributed by atoms with E-state index in [1.54, 1.807) is 60.7 Å². The summed E-state index contributed by atoms with van der Waals surface area (Å²) in [5.41, 5.74) is 1.68. The molecule has 1 saturated heterocycles. The van der Waals surface area contributed by atoms with Crippen molar-refractivity contribution in [1.29, 1.82) is 0 Å². The minimum Gasteiger partial charge on any atom is -0.490 e. The number of hydrogen-bond acceptors (Lipinski definition) is 7. The van der Waals surface area contributed by atoms with Gasteiger partial charge in [0.05, 0.1) is 22.1 Å². The molecule has 0 spiro atoms. The first-order valence-corrected chi connectivity index (χ1v) is 11.7. The van der Waals surface area contributed by atoms with Crippen molar-refractivity contribution < 1.29 is 24.0 Å². The number of rotatable bonds is 8. The highest BCUT2D eigenvalue weighted by Crippen LogP contribution is 2.37. The van der Waals surface area contributed by atoms with Crippen LogP contribution >= 0.6 is 23.4 Å². The van der Waals surface area contributed by atoms with E-state index in [-0.39, 0.29) is 17.2 Å². The smallest absolute Gasteiger partial charge is 0.298 e. The molecule has 2 amide bonds. The summed E-state index contributed by atoms with van der Waals surface area (Å²) in [6.45, 7) is 2.31. The maximum atomic E-state index is 12.9. The minimum absolute atomic E-state index is 0.0156. The quantitative estimate of drug-likeness (QED) is 0.194. The van der Waals surface area contributed by atoms with Crippen LogP contribution < -0.4 is 14.4 Å². The van der Waals surface area contributed by atoms with Crippen molar-refractivity contribution in [3.63, 3.8) is 0 Å². The molecule has 35 heavy (non-hydrogen) atoms. The van der Waals surface area contributed by atoms with Crippen molar-refractivity contribution in [1.82, 2.24) is 0 Å². The van der Waals surface area contributed by atoms with Crippen LogP contribution in [0.2, 0.25) is 5.02 Å². The van der Waals surface area contributed by atoms with E-state index in [4.69, 9.17) is 21.1 Å². The number of hydrogen-bond donors (Lipinski definition) is 0. The monoisotopic (exact) mass is 510 g/mol. The van der Waals surface area contributed by atoms with Crippen LogP contribution in [0.4, 0.5) is 16.2 Å². The number of amides is 2. The van der Waals surface area contributed by atoms with E-state index in [0.29, 0.717) is 39.9 Å². The van der Waals surface area contributed by atoms with Gasteiger partial charge < -0.3 is 9.47 Å². The van der Waals surface area contributed by atoms with Gasteiger partial charge in [-0.3, -0.25) is 19.7 Å². The average Bonchev–Trinajstić information content (AvgIpc) is 3.11. The Bertz CT molecular complexity index is 1340. The Balaban J connectivity index is 1.54. The van der Waals surface area contributed by atoms with Crippen LogP contribution in [0.15, 0.2) is 71.6 Å². The summed E-state index contributed by atoms with van der Waals surface area (Å²) < 4.78 is 11.5. The standard InChI is InChI=1S/C25H19ClN2O6S/c1-2-33-22-12-16(9-10-21(22)34-15-17-5-3-8-20(11-17)28(31)32)13-23-24(29)27(25(30)35-23)19-7-4-6-18(26)14-19/h3-14H,2,15H2,1H3/b23-13+. The predicted molar refractivity (Wildman–Crippen MR) is 135 cm³/mol. The molecule has 1 fully saturated rings. The zero-order valence-electron chi connectivity index (χ0n) is 18.5. The van der Waals surface area contributed by atoms with Gasteiger partial charge in [0.25, 0.3) is 16.8 Å². The average molecular weight is 511 g/mol. The van der Waals surface area contributed by atoms with E-state index < -0.39 is 16.1 Å². The van der Waals surface area contributed by atoms with Gasteiger partial charge in [-0.1, -0.05) is 35.9 Å². The SMILES string of the molecule is CCOc1cc(/C=C2/SC(=O)N(c3cccc(Cl)c3)C2=O)ccc1OCc1cccc([N+](=O)[O-])c1. The molecule has 4 rings (SSSR count). The van der Waals surface area contributed by atoms with Crippen LogP contribution in [-0.2, 0) is 11.4 Å². The highest BCUT2D eigenvalue weighted by atomic mass is 35.5. The molecule has 0 bridgehead atoms. The molecule has 1 aliphatic rings. The minimum atomic E-state index is -0.460. The summed E-state index contributed by atoms with van der Waals surface area (Å²) in [6.07, 6.45) is 1.61. The number of nitro benzene ring substituents is 1. The number of non-ortho nitro benzene ring substituents is 1. The number of halogens is 1. The lowest BCUT2D eigenvalue weighted by Gasteiger charge is -2.13. The maximum Gasteiger partial charge on any atom is 0.298 e. The van der Waals surface area contributed by atoms with Crippen molar-refractivity contribution >= 4 is 52.0 Å². The fourth-order valence-corrected chi connectivity index (χ4v) is 4.41. The third kappa shape index (κ3) is 5.64. The van der Waals surface area contributed by atoms with E-state index in [1.807, 2.05) is 6.92 Å². The molecule has 0 aliphatic carbocycles. The van der Waals surface area contributed by atoms with Crippen LogP contribution in [0.3, 0.4) is 0 Å². The van der Waals surface area contributed by atoms with Crippen LogP contribution in [0.5, 0.6) is 11.5 Å². The lowest BCUT2D eigenvalue weighted by Crippen LogP contribution is -2.27. The molecule has 3 aromatic carbocycles. The highest BCUT2D eigenvalue weighted by Gasteiger charge is 2.36. The molecule has 3 aromatic rings. The Morgan fingerprint density at radius 3 is 2.57 bits per heavy atom. The summed E-state index contributed by atoms with van der Waals surface area (Å²) in [4.78, 5) is 37.3. The second-order valence-corrected chi connectivity index (χ2v) is 8.78. The molecule has 0 radical (unpaired) electrons. The van der Waals surface area contributed by atoms with Crippen molar-refractivity contribution in [2.24, 2.45) is 0 Å². The third-order valence-electron chi connectivity index (χ3n) is 4.94. The molecule has 10 heteroatoms. The topological polar surface area (TPSA) is 99.0 Å². The van der Waals surface area contributed by atoms with Crippen LogP contribution in [0.1, 0.15) is 18.1 Å². The predicted octanol–water partition coefficient (Wildman–Crippen LogP) is 6.47. The molecule has 178 valence electrons. The van der Waals surface area contributed by atoms with Gasteiger partial charge >= 0.3 is 0 Å². The van der Waals surface area contributed by atoms with Gasteiger partial charge in [-0.05, 0) is 66.2 Å². The van der Waals surface area contributed by atoms with E-state index in [1.165, 1.54) is 12.1 Å². The fraction of sp³-hybridized carbons (Fsp3) is 0.120. The largest absolute Gasteiger partial charge is 0.490 e. The van der Waals surface area contributed by atoms with Crippen molar-refractivity contribution in [3.05, 3.63) is 97.9 Å².